The number of halogens is 2. The first kappa shape index (κ1) is 14.2. The lowest BCUT2D eigenvalue weighted by atomic mass is 10.1. The summed E-state index contributed by atoms with van der Waals surface area (Å²) in [6.07, 6.45) is 1.41. The Morgan fingerprint density at radius 1 is 1.25 bits per heavy atom. The average Bonchev–Trinajstić information content (AvgIpc) is 2.80. The molecule has 0 spiro atoms. The van der Waals surface area contributed by atoms with Crippen LogP contribution in [0.2, 0.25) is 0 Å². The summed E-state index contributed by atoms with van der Waals surface area (Å²) in [5.41, 5.74) is 0.0932. The molecule has 0 bridgehead atoms. The smallest absolute Gasteiger partial charge is 0.215 e. The first-order valence-electron chi connectivity index (χ1n) is 6.06. The second kappa shape index (κ2) is 5.40. The Hall–Kier alpha value is -2.24. The highest BCUT2D eigenvalue weighted by Gasteiger charge is 2.23. The summed E-state index contributed by atoms with van der Waals surface area (Å²) in [5.74, 6) is -1.87. The van der Waals surface area contributed by atoms with Gasteiger partial charge in [0.15, 0.2) is 11.4 Å². The van der Waals surface area contributed by atoms with Crippen molar-refractivity contribution in [1.82, 2.24) is 9.78 Å². The molecule has 0 saturated heterocycles. The van der Waals surface area contributed by atoms with Crippen LogP contribution in [0.15, 0.2) is 24.4 Å². The molecule has 2 rings (SSSR count). The molecule has 0 aliphatic carbocycles. The molecule has 106 valence electrons. The van der Waals surface area contributed by atoms with E-state index in [1.54, 1.807) is 0 Å². The van der Waals surface area contributed by atoms with Gasteiger partial charge < -0.3 is 4.74 Å². The highest BCUT2D eigenvalue weighted by molar-refractivity contribution is 6.09. The van der Waals surface area contributed by atoms with Crippen LogP contribution in [0.1, 0.15) is 35.9 Å². The molecule has 2 aromatic rings. The van der Waals surface area contributed by atoms with Gasteiger partial charge in [0.2, 0.25) is 5.78 Å². The third-order valence-electron chi connectivity index (χ3n) is 2.81. The lowest BCUT2D eigenvalue weighted by Gasteiger charge is -2.11. The summed E-state index contributed by atoms with van der Waals surface area (Å²) in [6, 6.07) is 2.61. The topological polar surface area (TPSA) is 44.1 Å². The molecule has 20 heavy (non-hydrogen) atoms. The van der Waals surface area contributed by atoms with Crippen LogP contribution in [0.25, 0.3) is 0 Å². The van der Waals surface area contributed by atoms with E-state index in [1.807, 2.05) is 13.8 Å². The fraction of sp³-hybridized carbons (Fsp3) is 0.286. The van der Waals surface area contributed by atoms with Gasteiger partial charge in [-0.25, -0.2) is 8.78 Å². The summed E-state index contributed by atoms with van der Waals surface area (Å²) >= 11 is 0. The van der Waals surface area contributed by atoms with Crippen molar-refractivity contribution < 1.29 is 18.3 Å². The van der Waals surface area contributed by atoms with Gasteiger partial charge in [0, 0.05) is 17.7 Å². The van der Waals surface area contributed by atoms with E-state index in [0.29, 0.717) is 6.07 Å². The number of aromatic nitrogens is 2. The van der Waals surface area contributed by atoms with Crippen LogP contribution < -0.4 is 4.74 Å². The normalized spacial score (nSPS) is 10.9. The van der Waals surface area contributed by atoms with Gasteiger partial charge in [-0.2, -0.15) is 5.10 Å². The number of ketones is 1. The maximum absolute atomic E-state index is 13.2. The van der Waals surface area contributed by atoms with E-state index in [1.165, 1.54) is 18.0 Å². The van der Waals surface area contributed by atoms with Crippen LogP contribution >= 0.6 is 0 Å². The Morgan fingerprint density at radius 3 is 2.35 bits per heavy atom. The minimum Gasteiger partial charge on any atom is -0.493 e. The molecule has 0 radical (unpaired) electrons. The summed E-state index contributed by atoms with van der Waals surface area (Å²) in [4.78, 5) is 12.4. The second-order valence-corrected chi connectivity index (χ2v) is 4.59. The molecular formula is C14H14F2N2O2. The van der Waals surface area contributed by atoms with E-state index in [0.717, 1.165) is 12.1 Å². The second-order valence-electron chi connectivity index (χ2n) is 4.59. The van der Waals surface area contributed by atoms with Gasteiger partial charge in [-0.15, -0.1) is 0 Å². The Kier molecular flexibility index (Phi) is 3.83. The number of carbonyl (C=O) groups is 1. The van der Waals surface area contributed by atoms with Crippen LogP contribution in [0.5, 0.6) is 5.75 Å². The number of hydrogen-bond acceptors (Lipinski definition) is 3. The van der Waals surface area contributed by atoms with Gasteiger partial charge in [0.25, 0.3) is 0 Å². The Balaban J connectivity index is 2.55. The quantitative estimate of drug-likeness (QED) is 0.809. The van der Waals surface area contributed by atoms with Gasteiger partial charge in [-0.3, -0.25) is 9.48 Å². The Morgan fingerprint density at radius 2 is 1.85 bits per heavy atom. The average molecular weight is 280 g/mol. The van der Waals surface area contributed by atoms with E-state index in [9.17, 15) is 13.6 Å². The number of rotatable bonds is 4. The number of carbonyl (C=O) groups excluding carboxylic acids is 1. The standard InChI is InChI=1S/C14H14F2N2O2/c1-8(2)18-13(12(20-3)7-17-18)14(19)9-4-10(15)6-11(16)5-9/h4-8H,1-3H3. The number of hydrogen-bond donors (Lipinski definition) is 0. The molecule has 0 unspecified atom stereocenters. The van der Waals surface area contributed by atoms with Crippen molar-refractivity contribution in [1.29, 1.82) is 0 Å². The summed E-state index contributed by atoms with van der Waals surface area (Å²) in [7, 11) is 1.41. The largest absolute Gasteiger partial charge is 0.493 e. The zero-order chi connectivity index (χ0) is 14.9. The van der Waals surface area contributed by atoms with Crippen LogP contribution in [0.4, 0.5) is 8.78 Å². The minimum absolute atomic E-state index is 0.0804. The predicted molar refractivity (Wildman–Crippen MR) is 69.0 cm³/mol. The molecule has 0 N–H and O–H groups in total. The Labute approximate surface area is 115 Å². The molecule has 1 aromatic carbocycles. The fourth-order valence-corrected chi connectivity index (χ4v) is 1.92. The molecule has 0 atom stereocenters. The summed E-state index contributed by atoms with van der Waals surface area (Å²) < 4.78 is 33.0. The molecule has 1 heterocycles. The van der Waals surface area contributed by atoms with Gasteiger partial charge in [-0.05, 0) is 26.0 Å². The monoisotopic (exact) mass is 280 g/mol. The molecule has 0 amide bonds. The summed E-state index contributed by atoms with van der Waals surface area (Å²) in [5, 5.41) is 4.06. The van der Waals surface area contributed by atoms with Crippen molar-refractivity contribution in [2.75, 3.05) is 7.11 Å². The molecule has 0 fully saturated rings. The van der Waals surface area contributed by atoms with Crippen LogP contribution in [0, 0.1) is 11.6 Å². The zero-order valence-corrected chi connectivity index (χ0v) is 11.4. The van der Waals surface area contributed by atoms with Crippen LogP contribution in [-0.2, 0) is 0 Å². The lowest BCUT2D eigenvalue weighted by Crippen LogP contribution is -2.14. The molecule has 4 nitrogen and oxygen atoms in total. The van der Waals surface area contributed by atoms with Gasteiger partial charge in [-0.1, -0.05) is 0 Å². The minimum atomic E-state index is -0.803. The van der Waals surface area contributed by atoms with Gasteiger partial charge in [0.05, 0.1) is 13.3 Å². The predicted octanol–water partition coefficient (Wildman–Crippen LogP) is 2.98. The van der Waals surface area contributed by atoms with E-state index in [-0.39, 0.29) is 23.0 Å². The molecule has 1 aromatic heterocycles. The molecular weight excluding hydrogens is 266 g/mol. The molecule has 0 saturated carbocycles. The number of benzene rings is 1. The first-order chi connectivity index (χ1) is 9.43. The third-order valence-corrected chi connectivity index (χ3v) is 2.81. The fourth-order valence-electron chi connectivity index (χ4n) is 1.92. The van der Waals surface area contributed by atoms with Crippen molar-refractivity contribution >= 4 is 5.78 Å². The highest BCUT2D eigenvalue weighted by atomic mass is 19.1. The van der Waals surface area contributed by atoms with E-state index in [2.05, 4.69) is 5.10 Å². The third kappa shape index (κ3) is 2.54. The van der Waals surface area contributed by atoms with Crippen molar-refractivity contribution in [3.63, 3.8) is 0 Å². The summed E-state index contributed by atoms with van der Waals surface area (Å²) in [6.45, 7) is 3.69. The maximum Gasteiger partial charge on any atom is 0.215 e. The van der Waals surface area contributed by atoms with Crippen molar-refractivity contribution in [3.8, 4) is 5.75 Å². The van der Waals surface area contributed by atoms with Crippen molar-refractivity contribution in [2.45, 2.75) is 19.9 Å². The number of ether oxygens (including phenoxy) is 1. The number of nitrogens with zero attached hydrogens (tertiary/aromatic N) is 2. The van der Waals surface area contributed by atoms with Crippen molar-refractivity contribution in [2.24, 2.45) is 0 Å². The van der Waals surface area contributed by atoms with Gasteiger partial charge in [0.1, 0.15) is 11.6 Å². The van der Waals surface area contributed by atoms with Crippen molar-refractivity contribution in [3.05, 3.63) is 47.3 Å². The van der Waals surface area contributed by atoms with E-state index in [4.69, 9.17) is 4.74 Å². The number of methoxy groups -OCH3 is 1. The molecule has 6 heteroatoms. The first-order valence-corrected chi connectivity index (χ1v) is 6.06. The Bertz CT molecular complexity index is 630. The van der Waals surface area contributed by atoms with Crippen LogP contribution in [0.3, 0.4) is 0 Å². The zero-order valence-electron chi connectivity index (χ0n) is 11.4. The lowest BCUT2D eigenvalue weighted by molar-refractivity contribution is 0.102. The van der Waals surface area contributed by atoms with Gasteiger partial charge >= 0.3 is 0 Å². The molecule has 0 aliphatic rings. The highest BCUT2D eigenvalue weighted by Crippen LogP contribution is 2.24. The SMILES string of the molecule is COc1cnn(C(C)C)c1C(=O)c1cc(F)cc(F)c1. The molecule has 0 aliphatic heterocycles. The van der Waals surface area contributed by atoms with E-state index < -0.39 is 17.4 Å². The van der Waals surface area contributed by atoms with E-state index >= 15 is 0 Å². The van der Waals surface area contributed by atoms with Crippen LogP contribution in [-0.4, -0.2) is 22.7 Å². The maximum atomic E-state index is 13.2.